The monoisotopic (exact) mass is 221 g/mol. The van der Waals surface area contributed by atoms with E-state index >= 15 is 0 Å². The predicted octanol–water partition coefficient (Wildman–Crippen LogP) is 0.212. The zero-order valence-corrected chi connectivity index (χ0v) is 8.99. The highest BCUT2D eigenvalue weighted by atomic mass is 16.5. The summed E-state index contributed by atoms with van der Waals surface area (Å²) in [5.41, 5.74) is 0.877. The van der Waals surface area contributed by atoms with Gasteiger partial charge in [-0.2, -0.15) is 4.68 Å². The third-order valence-corrected chi connectivity index (χ3v) is 2.03. The van der Waals surface area contributed by atoms with Crippen molar-refractivity contribution in [1.29, 1.82) is 0 Å². The van der Waals surface area contributed by atoms with Gasteiger partial charge < -0.3 is 9.47 Å². The Labute approximate surface area is 92.0 Å². The lowest BCUT2D eigenvalue weighted by Crippen LogP contribution is -2.02. The molecule has 0 atom stereocenters. The van der Waals surface area contributed by atoms with Gasteiger partial charge in [0.1, 0.15) is 12.1 Å². The van der Waals surface area contributed by atoms with Crippen molar-refractivity contribution in [2.24, 2.45) is 0 Å². The average molecular weight is 221 g/mol. The second-order valence-electron chi connectivity index (χ2n) is 3.04. The van der Waals surface area contributed by atoms with Gasteiger partial charge in [0, 0.05) is 24.9 Å². The van der Waals surface area contributed by atoms with Gasteiger partial charge in [0.25, 0.3) is 0 Å². The highest BCUT2D eigenvalue weighted by Crippen LogP contribution is 2.20. The Kier molecular flexibility index (Phi) is 3.06. The van der Waals surface area contributed by atoms with Crippen LogP contribution in [0.1, 0.15) is 5.56 Å². The molecule has 0 unspecified atom stereocenters. The number of tetrazole rings is 1. The zero-order valence-electron chi connectivity index (χ0n) is 8.99. The Morgan fingerprint density at radius 1 is 1.38 bits per heavy atom. The van der Waals surface area contributed by atoms with Crippen molar-refractivity contribution in [2.75, 3.05) is 14.2 Å². The van der Waals surface area contributed by atoms with Crippen LogP contribution in [0.2, 0.25) is 0 Å². The first-order valence-corrected chi connectivity index (χ1v) is 4.60. The fraction of sp³-hybridized carbons (Fsp3) is 0.333. The van der Waals surface area contributed by atoms with E-state index in [9.17, 15) is 0 Å². The van der Waals surface area contributed by atoms with E-state index < -0.39 is 0 Å². The highest BCUT2D eigenvalue weighted by Gasteiger charge is 2.07. The lowest BCUT2D eigenvalue weighted by Gasteiger charge is -2.08. The van der Waals surface area contributed by atoms with Crippen molar-refractivity contribution in [3.63, 3.8) is 0 Å². The van der Waals surface area contributed by atoms with E-state index in [1.165, 1.54) is 11.0 Å². The van der Waals surface area contributed by atoms with Gasteiger partial charge in [0.15, 0.2) is 5.82 Å². The van der Waals surface area contributed by atoms with Gasteiger partial charge in [-0.1, -0.05) is 0 Å². The van der Waals surface area contributed by atoms with Crippen LogP contribution in [0.3, 0.4) is 0 Å². The quantitative estimate of drug-likeness (QED) is 0.734. The van der Waals surface area contributed by atoms with Crippen LogP contribution in [0.5, 0.6) is 5.75 Å². The van der Waals surface area contributed by atoms with E-state index in [-0.39, 0.29) is 0 Å². The minimum absolute atomic E-state index is 0.450. The molecule has 16 heavy (non-hydrogen) atoms. The van der Waals surface area contributed by atoms with Crippen molar-refractivity contribution < 1.29 is 9.47 Å². The molecule has 2 heterocycles. The van der Waals surface area contributed by atoms with Gasteiger partial charge >= 0.3 is 0 Å². The van der Waals surface area contributed by atoms with Crippen molar-refractivity contribution in [3.8, 4) is 11.6 Å². The fourth-order valence-electron chi connectivity index (χ4n) is 1.30. The number of methoxy groups -OCH3 is 2. The van der Waals surface area contributed by atoms with Crippen LogP contribution in [-0.4, -0.2) is 39.4 Å². The van der Waals surface area contributed by atoms with E-state index in [2.05, 4.69) is 20.5 Å². The Bertz CT molecular complexity index is 457. The molecular formula is C9H11N5O2. The van der Waals surface area contributed by atoms with E-state index in [0.29, 0.717) is 18.2 Å². The molecule has 84 valence electrons. The van der Waals surface area contributed by atoms with E-state index in [1.54, 1.807) is 26.5 Å². The SMILES string of the molecule is COCc1cnc(-n2cnnn2)cc1OC. The minimum atomic E-state index is 0.450. The van der Waals surface area contributed by atoms with Crippen LogP contribution in [0.15, 0.2) is 18.6 Å². The Morgan fingerprint density at radius 2 is 2.25 bits per heavy atom. The normalized spacial score (nSPS) is 10.4. The third kappa shape index (κ3) is 1.98. The molecule has 0 aliphatic heterocycles. The Morgan fingerprint density at radius 3 is 2.88 bits per heavy atom. The summed E-state index contributed by atoms with van der Waals surface area (Å²) in [7, 11) is 3.21. The maximum atomic E-state index is 5.23. The summed E-state index contributed by atoms with van der Waals surface area (Å²) in [5.74, 6) is 1.30. The molecular weight excluding hydrogens is 210 g/mol. The molecule has 0 saturated heterocycles. The van der Waals surface area contributed by atoms with Crippen molar-refractivity contribution in [1.82, 2.24) is 25.2 Å². The molecule has 0 spiro atoms. The Hall–Kier alpha value is -2.02. The molecule has 2 aromatic rings. The van der Waals surface area contributed by atoms with Crippen LogP contribution >= 0.6 is 0 Å². The number of pyridine rings is 1. The summed E-state index contributed by atoms with van der Waals surface area (Å²) < 4.78 is 11.7. The second kappa shape index (κ2) is 4.67. The molecule has 0 fully saturated rings. The van der Waals surface area contributed by atoms with Crippen molar-refractivity contribution in [2.45, 2.75) is 6.61 Å². The molecule has 2 rings (SSSR count). The smallest absolute Gasteiger partial charge is 0.160 e. The van der Waals surface area contributed by atoms with Gasteiger partial charge in [-0.15, -0.1) is 5.10 Å². The minimum Gasteiger partial charge on any atom is -0.496 e. The highest BCUT2D eigenvalue weighted by molar-refractivity contribution is 5.37. The van der Waals surface area contributed by atoms with Crippen LogP contribution in [0, 0.1) is 0 Å². The molecule has 0 amide bonds. The topological polar surface area (TPSA) is 75.0 Å². The first kappa shape index (κ1) is 10.5. The molecule has 0 saturated carbocycles. The van der Waals surface area contributed by atoms with Crippen LogP contribution in [0.25, 0.3) is 5.82 Å². The van der Waals surface area contributed by atoms with Gasteiger partial charge in [0.2, 0.25) is 0 Å². The third-order valence-electron chi connectivity index (χ3n) is 2.03. The number of hydrogen-bond acceptors (Lipinski definition) is 6. The molecule has 2 aromatic heterocycles. The summed E-state index contributed by atoms with van der Waals surface area (Å²) >= 11 is 0. The lowest BCUT2D eigenvalue weighted by molar-refractivity contribution is 0.181. The molecule has 0 aliphatic rings. The second-order valence-corrected chi connectivity index (χ2v) is 3.04. The Balaban J connectivity index is 2.36. The van der Waals surface area contributed by atoms with Crippen LogP contribution in [0.4, 0.5) is 0 Å². The first-order chi connectivity index (χ1) is 7.85. The maximum Gasteiger partial charge on any atom is 0.160 e. The van der Waals surface area contributed by atoms with E-state index in [1.807, 2.05) is 0 Å². The van der Waals surface area contributed by atoms with E-state index in [0.717, 1.165) is 5.56 Å². The lowest BCUT2D eigenvalue weighted by atomic mass is 10.2. The number of ether oxygens (including phenoxy) is 2. The average Bonchev–Trinajstić information content (AvgIpc) is 2.83. The molecule has 0 N–H and O–H groups in total. The molecule has 0 aliphatic carbocycles. The number of nitrogens with zero attached hydrogens (tertiary/aromatic N) is 5. The number of hydrogen-bond donors (Lipinski definition) is 0. The first-order valence-electron chi connectivity index (χ1n) is 4.60. The van der Waals surface area contributed by atoms with Crippen LogP contribution < -0.4 is 4.74 Å². The summed E-state index contributed by atoms with van der Waals surface area (Å²) in [6.07, 6.45) is 3.15. The summed E-state index contributed by atoms with van der Waals surface area (Å²) in [6, 6.07) is 1.75. The molecule has 0 bridgehead atoms. The largest absolute Gasteiger partial charge is 0.496 e. The molecule has 7 heteroatoms. The maximum absolute atomic E-state index is 5.23. The molecule has 0 radical (unpaired) electrons. The summed E-state index contributed by atoms with van der Waals surface area (Å²) in [4.78, 5) is 4.21. The van der Waals surface area contributed by atoms with Crippen LogP contribution in [-0.2, 0) is 11.3 Å². The van der Waals surface area contributed by atoms with E-state index in [4.69, 9.17) is 9.47 Å². The number of rotatable bonds is 4. The van der Waals surface area contributed by atoms with Gasteiger partial charge in [-0.25, -0.2) is 4.98 Å². The standard InChI is InChI=1S/C9H11N5O2/c1-15-5-7-4-10-9(3-8(7)16-2)14-6-11-12-13-14/h3-4,6H,5H2,1-2H3. The zero-order chi connectivity index (χ0) is 11.4. The molecule has 0 aromatic carbocycles. The van der Waals surface area contributed by atoms with Crippen molar-refractivity contribution in [3.05, 3.63) is 24.2 Å². The van der Waals surface area contributed by atoms with Crippen molar-refractivity contribution >= 4 is 0 Å². The van der Waals surface area contributed by atoms with Gasteiger partial charge in [0.05, 0.1) is 13.7 Å². The fourth-order valence-corrected chi connectivity index (χ4v) is 1.30. The number of aromatic nitrogens is 5. The molecule has 7 nitrogen and oxygen atoms in total. The predicted molar refractivity (Wildman–Crippen MR) is 54.2 cm³/mol. The summed E-state index contributed by atoms with van der Waals surface area (Å²) in [6.45, 7) is 0.450. The van der Waals surface area contributed by atoms with Gasteiger partial charge in [-0.05, 0) is 10.4 Å². The summed E-state index contributed by atoms with van der Waals surface area (Å²) in [5, 5.41) is 10.8. The van der Waals surface area contributed by atoms with Gasteiger partial charge in [-0.3, -0.25) is 0 Å².